The van der Waals surface area contributed by atoms with E-state index in [1.807, 2.05) is 0 Å². The summed E-state index contributed by atoms with van der Waals surface area (Å²) in [5.74, 6) is 3.25. The van der Waals surface area contributed by atoms with Crippen LogP contribution in [0.4, 0.5) is 0 Å². The van der Waals surface area contributed by atoms with E-state index in [1.54, 1.807) is 25.7 Å². The molecule has 0 amide bonds. The lowest BCUT2D eigenvalue weighted by atomic mass is 9.68. The standard InChI is InChI=1S/C16H33OSi2/c18-17-19-13-7-12-16(14-8-3-1-4-9-14)15-10-5-2-6-11-15/h14-16,19H,1-13H2,18H3. The Labute approximate surface area is 125 Å². The van der Waals surface area contributed by atoms with Crippen LogP contribution < -0.4 is 0 Å². The zero-order chi connectivity index (χ0) is 13.3. The van der Waals surface area contributed by atoms with Crippen molar-refractivity contribution < 1.29 is 4.12 Å². The summed E-state index contributed by atoms with van der Waals surface area (Å²) in [7, 11) is 1.29. The zero-order valence-corrected chi connectivity index (χ0v) is 16.1. The van der Waals surface area contributed by atoms with Crippen LogP contribution in [0.2, 0.25) is 6.04 Å². The largest absolute Gasteiger partial charge is 0.466 e. The predicted octanol–water partition coefficient (Wildman–Crippen LogP) is 3.61. The Bertz CT molecular complexity index is 205. The number of rotatable bonds is 7. The minimum atomic E-state index is 0.339. The third-order valence-corrected chi connectivity index (χ3v) is 7.51. The van der Waals surface area contributed by atoms with Crippen molar-refractivity contribution in [2.24, 2.45) is 17.8 Å². The van der Waals surface area contributed by atoms with Crippen LogP contribution in [-0.4, -0.2) is 20.2 Å². The molecule has 0 saturated heterocycles. The highest BCUT2D eigenvalue weighted by Crippen LogP contribution is 2.42. The molecule has 1 radical (unpaired) electrons. The van der Waals surface area contributed by atoms with E-state index >= 15 is 0 Å². The van der Waals surface area contributed by atoms with E-state index in [4.69, 9.17) is 4.12 Å². The van der Waals surface area contributed by atoms with Gasteiger partial charge in [0.1, 0.15) is 10.5 Å². The summed E-state index contributed by atoms with van der Waals surface area (Å²) in [6, 6.07) is 1.39. The fourth-order valence-corrected chi connectivity index (χ4v) is 5.88. The molecule has 2 aliphatic rings. The second-order valence-corrected chi connectivity index (χ2v) is 9.59. The molecular formula is C16H33OSi2. The third kappa shape index (κ3) is 5.35. The zero-order valence-electron chi connectivity index (χ0n) is 12.9. The van der Waals surface area contributed by atoms with Crippen LogP contribution in [0.3, 0.4) is 0 Å². The second kappa shape index (κ2) is 9.35. The van der Waals surface area contributed by atoms with Gasteiger partial charge in [0.2, 0.25) is 0 Å². The van der Waals surface area contributed by atoms with Crippen LogP contribution >= 0.6 is 0 Å². The molecule has 2 rings (SSSR count). The van der Waals surface area contributed by atoms with Gasteiger partial charge in [-0.2, -0.15) is 0 Å². The van der Waals surface area contributed by atoms with Crippen LogP contribution in [0, 0.1) is 17.8 Å². The molecule has 0 spiro atoms. The molecule has 0 aromatic heterocycles. The first-order chi connectivity index (χ1) is 9.42. The van der Waals surface area contributed by atoms with Gasteiger partial charge in [0.25, 0.3) is 0 Å². The lowest BCUT2D eigenvalue weighted by Crippen LogP contribution is -2.27. The molecule has 0 atom stereocenters. The van der Waals surface area contributed by atoms with Crippen molar-refractivity contribution in [1.29, 1.82) is 0 Å². The normalized spacial score (nSPS) is 23.2. The van der Waals surface area contributed by atoms with Crippen LogP contribution in [0.25, 0.3) is 0 Å². The summed E-state index contributed by atoms with van der Waals surface area (Å²) in [4.78, 5) is 0. The van der Waals surface area contributed by atoms with Crippen molar-refractivity contribution in [3.05, 3.63) is 0 Å². The summed E-state index contributed by atoms with van der Waals surface area (Å²) in [6.45, 7) is 0. The molecule has 0 aromatic carbocycles. The lowest BCUT2D eigenvalue weighted by Gasteiger charge is -2.38. The lowest BCUT2D eigenvalue weighted by molar-refractivity contribution is 0.134. The van der Waals surface area contributed by atoms with E-state index in [0.29, 0.717) is 9.76 Å². The van der Waals surface area contributed by atoms with Crippen molar-refractivity contribution in [3.8, 4) is 0 Å². The highest BCUT2D eigenvalue weighted by molar-refractivity contribution is 6.34. The average molecular weight is 298 g/mol. The first-order valence-corrected chi connectivity index (χ1v) is 10.9. The van der Waals surface area contributed by atoms with Crippen LogP contribution in [0.1, 0.15) is 77.0 Å². The Hall–Kier alpha value is 0.394. The van der Waals surface area contributed by atoms with Gasteiger partial charge in [-0.05, 0) is 23.8 Å². The van der Waals surface area contributed by atoms with E-state index < -0.39 is 0 Å². The maximum absolute atomic E-state index is 5.44. The average Bonchev–Trinajstić information content (AvgIpc) is 2.49. The second-order valence-electron chi connectivity index (χ2n) is 6.79. The fourth-order valence-electron chi connectivity index (χ4n) is 4.54. The smallest absolute Gasteiger partial charge is 0.177 e. The van der Waals surface area contributed by atoms with Crippen LogP contribution in [0.5, 0.6) is 0 Å². The Balaban J connectivity index is 1.83. The summed E-state index contributed by atoms with van der Waals surface area (Å²) in [5, 5.41) is 0. The SMILES string of the molecule is [SiH3]O[SiH]CCCC(C1CCCCC1)C1CCCCC1. The summed E-state index contributed by atoms with van der Waals surface area (Å²) in [5.41, 5.74) is 0. The molecule has 0 unspecified atom stereocenters. The molecule has 1 nitrogen and oxygen atoms in total. The van der Waals surface area contributed by atoms with Gasteiger partial charge in [-0.1, -0.05) is 77.0 Å². The van der Waals surface area contributed by atoms with Gasteiger partial charge < -0.3 is 4.12 Å². The van der Waals surface area contributed by atoms with Gasteiger partial charge in [0, 0.05) is 0 Å². The maximum atomic E-state index is 5.44. The maximum Gasteiger partial charge on any atom is 0.177 e. The number of hydrogen-bond donors (Lipinski definition) is 0. The molecule has 0 aliphatic heterocycles. The number of hydrogen-bond acceptors (Lipinski definition) is 1. The van der Waals surface area contributed by atoms with E-state index in [1.165, 1.54) is 57.4 Å². The van der Waals surface area contributed by atoms with Gasteiger partial charge >= 0.3 is 0 Å². The fraction of sp³-hybridized carbons (Fsp3) is 1.00. The summed E-state index contributed by atoms with van der Waals surface area (Å²) in [6.07, 6.45) is 18.2. The van der Waals surface area contributed by atoms with Crippen LogP contribution in [0.15, 0.2) is 0 Å². The molecule has 2 fully saturated rings. The molecule has 0 bridgehead atoms. The topological polar surface area (TPSA) is 9.23 Å². The molecule has 111 valence electrons. The van der Waals surface area contributed by atoms with Gasteiger partial charge in [-0.25, -0.2) is 0 Å². The molecular weight excluding hydrogens is 264 g/mol. The highest BCUT2D eigenvalue weighted by Gasteiger charge is 2.30. The molecule has 19 heavy (non-hydrogen) atoms. The van der Waals surface area contributed by atoms with Crippen molar-refractivity contribution in [2.75, 3.05) is 0 Å². The van der Waals surface area contributed by atoms with Gasteiger partial charge in [-0.3, -0.25) is 0 Å². The predicted molar refractivity (Wildman–Crippen MR) is 88.9 cm³/mol. The Morgan fingerprint density at radius 2 is 1.42 bits per heavy atom. The first-order valence-electron chi connectivity index (χ1n) is 8.76. The van der Waals surface area contributed by atoms with E-state index in [2.05, 4.69) is 0 Å². The van der Waals surface area contributed by atoms with Crippen molar-refractivity contribution in [2.45, 2.75) is 83.1 Å². The first kappa shape index (κ1) is 15.8. The molecule has 2 aliphatic carbocycles. The molecule has 0 N–H and O–H groups in total. The van der Waals surface area contributed by atoms with Crippen LogP contribution in [-0.2, 0) is 4.12 Å². The minimum Gasteiger partial charge on any atom is -0.466 e. The summed E-state index contributed by atoms with van der Waals surface area (Å²) < 4.78 is 5.44. The Morgan fingerprint density at radius 3 is 1.89 bits per heavy atom. The monoisotopic (exact) mass is 297 g/mol. The quantitative estimate of drug-likeness (QED) is 0.515. The van der Waals surface area contributed by atoms with Crippen molar-refractivity contribution >= 4 is 20.2 Å². The van der Waals surface area contributed by atoms with Gasteiger partial charge in [0.15, 0.2) is 9.76 Å². The van der Waals surface area contributed by atoms with Crippen molar-refractivity contribution in [3.63, 3.8) is 0 Å². The molecule has 2 saturated carbocycles. The summed E-state index contributed by atoms with van der Waals surface area (Å²) >= 11 is 0. The molecule has 0 aromatic rings. The van der Waals surface area contributed by atoms with Gasteiger partial charge in [0.05, 0.1) is 0 Å². The van der Waals surface area contributed by atoms with E-state index in [0.717, 1.165) is 28.2 Å². The molecule has 3 heteroatoms. The third-order valence-electron chi connectivity index (χ3n) is 5.54. The Kier molecular flexibility index (Phi) is 7.77. The highest BCUT2D eigenvalue weighted by atomic mass is 28.3. The van der Waals surface area contributed by atoms with Gasteiger partial charge in [-0.15, -0.1) is 0 Å². The Morgan fingerprint density at radius 1 is 0.895 bits per heavy atom. The molecule has 0 heterocycles. The van der Waals surface area contributed by atoms with Crippen molar-refractivity contribution in [1.82, 2.24) is 0 Å². The van der Waals surface area contributed by atoms with E-state index in [9.17, 15) is 0 Å². The van der Waals surface area contributed by atoms with E-state index in [-0.39, 0.29) is 0 Å². The minimum absolute atomic E-state index is 0.339.